The van der Waals surface area contributed by atoms with Crippen LogP contribution in [0.1, 0.15) is 29.6 Å². The smallest absolute Gasteiger partial charge is 0.260 e. The third-order valence-corrected chi connectivity index (χ3v) is 7.09. The lowest BCUT2D eigenvalue weighted by Gasteiger charge is -2.21. The van der Waals surface area contributed by atoms with E-state index in [2.05, 4.69) is 4.90 Å². The van der Waals surface area contributed by atoms with Crippen molar-refractivity contribution in [3.8, 4) is 5.75 Å². The maximum atomic E-state index is 13.6. The van der Waals surface area contributed by atoms with E-state index in [4.69, 9.17) is 21.3 Å². The van der Waals surface area contributed by atoms with Crippen LogP contribution in [0, 0.1) is 0 Å². The predicted molar refractivity (Wildman–Crippen MR) is 134 cm³/mol. The first-order chi connectivity index (χ1) is 16.3. The van der Waals surface area contributed by atoms with Crippen LogP contribution in [-0.2, 0) is 9.59 Å². The topological polar surface area (TPSA) is 83.0 Å². The van der Waals surface area contributed by atoms with Crippen LogP contribution in [0.25, 0.3) is 10.2 Å². The number of rotatable bonds is 8. The van der Waals surface area contributed by atoms with Gasteiger partial charge in [-0.3, -0.25) is 24.2 Å². The minimum atomic E-state index is -0.227. The number of thiazole rings is 1. The molecule has 0 spiro atoms. The number of hydrogen-bond donors (Lipinski definition) is 0. The molecule has 0 aliphatic carbocycles. The van der Waals surface area contributed by atoms with Crippen LogP contribution >= 0.6 is 22.9 Å². The van der Waals surface area contributed by atoms with Gasteiger partial charge in [-0.2, -0.15) is 0 Å². The molecule has 0 atom stereocenters. The Morgan fingerprint density at radius 3 is 2.38 bits per heavy atom. The van der Waals surface area contributed by atoms with Crippen LogP contribution in [0.15, 0.2) is 36.4 Å². The molecule has 4 rings (SSSR count). The van der Waals surface area contributed by atoms with Crippen LogP contribution in [0.5, 0.6) is 5.75 Å². The summed E-state index contributed by atoms with van der Waals surface area (Å²) < 4.78 is 6.18. The molecule has 34 heavy (non-hydrogen) atoms. The van der Waals surface area contributed by atoms with Crippen LogP contribution < -0.4 is 14.5 Å². The minimum absolute atomic E-state index is 0.211. The van der Waals surface area contributed by atoms with Crippen molar-refractivity contribution in [1.29, 1.82) is 0 Å². The molecule has 0 radical (unpaired) electrons. The minimum Gasteiger partial charge on any atom is -0.494 e. The molecule has 1 aromatic heterocycles. The zero-order valence-corrected chi connectivity index (χ0v) is 20.8. The Morgan fingerprint density at radius 1 is 1.09 bits per heavy atom. The number of carbonyl (C=O) groups is 3. The lowest BCUT2D eigenvalue weighted by Crippen LogP contribution is -2.33. The maximum absolute atomic E-state index is 13.6. The Balaban J connectivity index is 1.66. The highest BCUT2D eigenvalue weighted by Gasteiger charge is 2.30. The monoisotopic (exact) mass is 500 g/mol. The molecule has 0 bridgehead atoms. The second kappa shape index (κ2) is 10.1. The number of anilines is 2. The SMILES string of the molecule is COc1ccc(Cl)c2sc(N(CCCN(C)C)C(=O)c3ccc(N4C(=O)CCC4=O)cc3)nc12. The summed E-state index contributed by atoms with van der Waals surface area (Å²) in [7, 11) is 5.53. The molecule has 0 unspecified atom stereocenters. The number of methoxy groups -OCH3 is 1. The molecule has 1 fully saturated rings. The van der Waals surface area contributed by atoms with E-state index in [-0.39, 0.29) is 30.6 Å². The summed E-state index contributed by atoms with van der Waals surface area (Å²) >= 11 is 7.73. The standard InChI is InChI=1S/C24H25ClN4O4S/c1-27(2)13-4-14-28(24-26-21-18(33-3)10-9-17(25)22(21)34-24)23(32)15-5-7-16(8-6-15)29-19(30)11-12-20(29)31/h5-10H,4,11-14H2,1-3H3. The van der Waals surface area contributed by atoms with E-state index in [1.54, 1.807) is 48.4 Å². The van der Waals surface area contributed by atoms with Gasteiger partial charge < -0.3 is 9.64 Å². The number of imide groups is 1. The summed E-state index contributed by atoms with van der Waals surface area (Å²) in [5, 5.41) is 1.07. The molecule has 3 aromatic rings. The lowest BCUT2D eigenvalue weighted by atomic mass is 10.1. The zero-order valence-electron chi connectivity index (χ0n) is 19.2. The van der Waals surface area contributed by atoms with Gasteiger partial charge >= 0.3 is 0 Å². The van der Waals surface area contributed by atoms with E-state index in [1.807, 2.05) is 14.1 Å². The van der Waals surface area contributed by atoms with Crippen molar-refractivity contribution >= 4 is 61.7 Å². The van der Waals surface area contributed by atoms with Gasteiger partial charge in [0, 0.05) is 24.9 Å². The summed E-state index contributed by atoms with van der Waals surface area (Å²) in [6, 6.07) is 10.0. The van der Waals surface area contributed by atoms with Gasteiger partial charge in [0.05, 0.1) is 22.5 Å². The van der Waals surface area contributed by atoms with Gasteiger partial charge in [-0.1, -0.05) is 22.9 Å². The third-order valence-electron chi connectivity index (χ3n) is 5.55. The number of aromatic nitrogens is 1. The number of carbonyl (C=O) groups excluding carboxylic acids is 3. The largest absolute Gasteiger partial charge is 0.494 e. The molecular formula is C24H25ClN4O4S. The molecule has 3 amide bonds. The van der Waals surface area contributed by atoms with Crippen molar-refractivity contribution in [3.63, 3.8) is 0 Å². The fraction of sp³-hybridized carbons (Fsp3) is 0.333. The van der Waals surface area contributed by atoms with Crippen LogP contribution in [0.3, 0.4) is 0 Å². The first-order valence-electron chi connectivity index (χ1n) is 10.9. The van der Waals surface area contributed by atoms with Gasteiger partial charge in [0.1, 0.15) is 11.3 Å². The summed E-state index contributed by atoms with van der Waals surface area (Å²) in [4.78, 5) is 47.2. The first-order valence-corrected chi connectivity index (χ1v) is 12.0. The van der Waals surface area contributed by atoms with Crippen molar-refractivity contribution in [1.82, 2.24) is 9.88 Å². The average molecular weight is 501 g/mol. The molecular weight excluding hydrogens is 476 g/mol. The van der Waals surface area contributed by atoms with E-state index in [0.29, 0.717) is 39.2 Å². The Hall–Kier alpha value is -3.01. The molecule has 0 saturated carbocycles. The Morgan fingerprint density at radius 2 is 1.76 bits per heavy atom. The highest BCUT2D eigenvalue weighted by atomic mass is 35.5. The quantitative estimate of drug-likeness (QED) is 0.431. The fourth-order valence-corrected chi connectivity index (χ4v) is 5.10. The van der Waals surface area contributed by atoms with Crippen molar-refractivity contribution in [2.75, 3.05) is 44.1 Å². The molecule has 2 aromatic carbocycles. The maximum Gasteiger partial charge on any atom is 0.260 e. The molecule has 0 N–H and O–H groups in total. The summed E-state index contributed by atoms with van der Waals surface area (Å²) in [6.45, 7) is 1.26. The summed E-state index contributed by atoms with van der Waals surface area (Å²) in [5.74, 6) is -0.0882. The van der Waals surface area contributed by atoms with Crippen LogP contribution in [-0.4, -0.2) is 61.9 Å². The molecule has 1 aliphatic heterocycles. The van der Waals surface area contributed by atoms with Crippen molar-refractivity contribution < 1.29 is 19.1 Å². The second-order valence-electron chi connectivity index (χ2n) is 8.21. The van der Waals surface area contributed by atoms with E-state index in [0.717, 1.165) is 17.7 Å². The van der Waals surface area contributed by atoms with E-state index >= 15 is 0 Å². The molecule has 1 saturated heterocycles. The van der Waals surface area contributed by atoms with Crippen molar-refractivity contribution in [3.05, 3.63) is 47.0 Å². The highest BCUT2D eigenvalue weighted by Crippen LogP contribution is 2.39. The number of halogens is 1. The highest BCUT2D eigenvalue weighted by molar-refractivity contribution is 7.23. The van der Waals surface area contributed by atoms with Gasteiger partial charge in [0.15, 0.2) is 5.13 Å². The average Bonchev–Trinajstić information content (AvgIpc) is 3.40. The van der Waals surface area contributed by atoms with E-state index in [1.165, 1.54) is 16.2 Å². The number of ether oxygens (including phenoxy) is 1. The van der Waals surface area contributed by atoms with Gasteiger partial charge in [-0.25, -0.2) is 4.98 Å². The number of hydrogen-bond acceptors (Lipinski definition) is 7. The van der Waals surface area contributed by atoms with Crippen molar-refractivity contribution in [2.45, 2.75) is 19.3 Å². The predicted octanol–water partition coefficient (Wildman–Crippen LogP) is 4.21. The number of amides is 3. The Labute approximate surface area is 206 Å². The number of benzene rings is 2. The third kappa shape index (κ3) is 4.77. The van der Waals surface area contributed by atoms with E-state index in [9.17, 15) is 14.4 Å². The fourth-order valence-electron chi connectivity index (χ4n) is 3.82. The van der Waals surface area contributed by atoms with E-state index < -0.39 is 0 Å². The van der Waals surface area contributed by atoms with Gasteiger partial charge in [0.25, 0.3) is 5.91 Å². The number of nitrogens with zero attached hydrogens (tertiary/aromatic N) is 4. The molecule has 10 heteroatoms. The molecule has 2 heterocycles. The molecule has 1 aliphatic rings. The van der Waals surface area contributed by atoms with Crippen LogP contribution in [0.4, 0.5) is 10.8 Å². The van der Waals surface area contributed by atoms with Crippen molar-refractivity contribution in [2.24, 2.45) is 0 Å². The Kier molecular flexibility index (Phi) is 7.16. The Bertz CT molecular complexity index is 1230. The van der Waals surface area contributed by atoms with Gasteiger partial charge in [0.2, 0.25) is 11.8 Å². The first kappa shape index (κ1) is 24.1. The molecule has 178 valence electrons. The zero-order chi connectivity index (χ0) is 24.4. The van der Waals surface area contributed by atoms with Crippen LogP contribution in [0.2, 0.25) is 5.02 Å². The summed E-state index contributed by atoms with van der Waals surface area (Å²) in [6.07, 6.45) is 1.17. The lowest BCUT2D eigenvalue weighted by molar-refractivity contribution is -0.121. The second-order valence-corrected chi connectivity index (χ2v) is 9.59. The van der Waals surface area contributed by atoms with Gasteiger partial charge in [-0.05, 0) is 63.5 Å². The molecule has 8 nitrogen and oxygen atoms in total. The van der Waals surface area contributed by atoms with Gasteiger partial charge in [-0.15, -0.1) is 0 Å². The summed E-state index contributed by atoms with van der Waals surface area (Å²) in [5.41, 5.74) is 1.52. The normalized spacial score (nSPS) is 13.9. The number of fused-ring (bicyclic) bond motifs is 1.